The summed E-state index contributed by atoms with van der Waals surface area (Å²) < 4.78 is 0. The molecule has 1 aromatic heterocycles. The van der Waals surface area contributed by atoms with Gasteiger partial charge in [-0.05, 0) is 5.56 Å². The van der Waals surface area contributed by atoms with E-state index in [0.717, 1.165) is 5.69 Å². The van der Waals surface area contributed by atoms with Crippen LogP contribution < -0.4 is 5.73 Å². The van der Waals surface area contributed by atoms with Crippen molar-refractivity contribution < 1.29 is 0 Å². The first kappa shape index (κ1) is 9.77. The minimum Gasteiger partial charge on any atom is -0.382 e. The average molecular weight is 201 g/mol. The second-order valence-electron chi connectivity index (χ2n) is 4.20. The van der Waals surface area contributed by atoms with Crippen LogP contribution in [-0.2, 0) is 5.41 Å². The van der Waals surface area contributed by atoms with Gasteiger partial charge in [-0.25, -0.2) is 0 Å². The van der Waals surface area contributed by atoms with Gasteiger partial charge in [0.25, 0.3) is 0 Å². The molecular formula is C12H15N3. The third-order valence-corrected chi connectivity index (χ3v) is 2.77. The molecule has 0 aliphatic heterocycles. The number of H-pyrrole nitrogens is 1. The molecule has 2 aromatic rings. The van der Waals surface area contributed by atoms with E-state index in [4.69, 9.17) is 5.73 Å². The van der Waals surface area contributed by atoms with Gasteiger partial charge in [-0.3, -0.25) is 5.10 Å². The number of aromatic amines is 1. The monoisotopic (exact) mass is 201 g/mol. The summed E-state index contributed by atoms with van der Waals surface area (Å²) in [5, 5.41) is 6.93. The van der Waals surface area contributed by atoms with Crippen molar-refractivity contribution in [2.24, 2.45) is 0 Å². The molecule has 0 saturated heterocycles. The number of nitrogen functional groups attached to an aromatic ring is 1. The number of nitrogens with zero attached hydrogens (tertiary/aromatic N) is 1. The molecule has 1 heterocycles. The van der Waals surface area contributed by atoms with E-state index >= 15 is 0 Å². The van der Waals surface area contributed by atoms with Gasteiger partial charge >= 0.3 is 0 Å². The third kappa shape index (κ3) is 1.73. The highest BCUT2D eigenvalue weighted by Crippen LogP contribution is 2.30. The first-order chi connectivity index (χ1) is 7.10. The van der Waals surface area contributed by atoms with E-state index in [2.05, 4.69) is 36.2 Å². The highest BCUT2D eigenvalue weighted by molar-refractivity contribution is 5.39. The Morgan fingerprint density at radius 2 is 1.87 bits per heavy atom. The van der Waals surface area contributed by atoms with E-state index in [1.54, 1.807) is 0 Å². The molecule has 3 N–H and O–H groups in total. The minimum atomic E-state index is -0.0914. The van der Waals surface area contributed by atoms with Gasteiger partial charge in [0.15, 0.2) is 0 Å². The fraction of sp³-hybridized carbons (Fsp3) is 0.250. The highest BCUT2D eigenvalue weighted by Gasteiger charge is 2.24. The van der Waals surface area contributed by atoms with Crippen molar-refractivity contribution in [3.63, 3.8) is 0 Å². The Labute approximate surface area is 89.3 Å². The van der Waals surface area contributed by atoms with Gasteiger partial charge in [-0.15, -0.1) is 0 Å². The fourth-order valence-corrected chi connectivity index (χ4v) is 1.67. The maximum atomic E-state index is 5.61. The van der Waals surface area contributed by atoms with E-state index in [-0.39, 0.29) is 5.41 Å². The standard InChI is InChI=1S/C12H15N3/c1-12(2,9-6-4-3-5-7-9)10-8-11(13)15-14-10/h3-8H,1-2H3,(H3,13,14,15). The predicted octanol–water partition coefficient (Wildman–Crippen LogP) is 2.32. The van der Waals surface area contributed by atoms with Gasteiger partial charge in [0.2, 0.25) is 0 Å². The predicted molar refractivity (Wildman–Crippen MR) is 61.6 cm³/mol. The molecule has 0 radical (unpaired) electrons. The zero-order valence-corrected chi connectivity index (χ0v) is 8.99. The molecule has 3 nitrogen and oxygen atoms in total. The number of aromatic nitrogens is 2. The fourth-order valence-electron chi connectivity index (χ4n) is 1.67. The molecule has 0 unspecified atom stereocenters. The maximum absolute atomic E-state index is 5.61. The van der Waals surface area contributed by atoms with Gasteiger partial charge in [0, 0.05) is 17.2 Å². The lowest BCUT2D eigenvalue weighted by molar-refractivity contribution is 0.614. The number of rotatable bonds is 2. The molecule has 0 atom stereocenters. The van der Waals surface area contributed by atoms with Crippen LogP contribution >= 0.6 is 0 Å². The molecule has 0 amide bonds. The van der Waals surface area contributed by atoms with Crippen LogP contribution in [0.15, 0.2) is 36.4 Å². The van der Waals surface area contributed by atoms with Gasteiger partial charge in [-0.1, -0.05) is 44.2 Å². The summed E-state index contributed by atoms with van der Waals surface area (Å²) in [6.45, 7) is 4.30. The molecule has 0 saturated carbocycles. The topological polar surface area (TPSA) is 54.7 Å². The van der Waals surface area contributed by atoms with Crippen molar-refractivity contribution in [1.82, 2.24) is 10.2 Å². The Kier molecular flexibility index (Phi) is 2.23. The van der Waals surface area contributed by atoms with Crippen molar-refractivity contribution in [3.8, 4) is 0 Å². The van der Waals surface area contributed by atoms with E-state index in [1.165, 1.54) is 5.56 Å². The molecule has 3 heteroatoms. The Hall–Kier alpha value is -1.77. The number of hydrogen-bond acceptors (Lipinski definition) is 2. The van der Waals surface area contributed by atoms with Crippen molar-refractivity contribution in [2.75, 3.05) is 5.73 Å². The summed E-state index contributed by atoms with van der Waals surface area (Å²) in [5.74, 6) is 0.536. The smallest absolute Gasteiger partial charge is 0.145 e. The van der Waals surface area contributed by atoms with Crippen LogP contribution in [0.2, 0.25) is 0 Å². The van der Waals surface area contributed by atoms with Crippen LogP contribution in [0.5, 0.6) is 0 Å². The number of anilines is 1. The minimum absolute atomic E-state index is 0.0914. The first-order valence-corrected chi connectivity index (χ1v) is 4.97. The zero-order chi connectivity index (χ0) is 10.9. The summed E-state index contributed by atoms with van der Waals surface area (Å²) in [6, 6.07) is 12.2. The lowest BCUT2D eigenvalue weighted by Crippen LogP contribution is -2.19. The Morgan fingerprint density at radius 3 is 2.40 bits per heavy atom. The van der Waals surface area contributed by atoms with Crippen LogP contribution in [0, 0.1) is 0 Å². The molecule has 2 rings (SSSR count). The quantitative estimate of drug-likeness (QED) is 0.783. The second-order valence-corrected chi connectivity index (χ2v) is 4.20. The van der Waals surface area contributed by atoms with E-state index < -0.39 is 0 Å². The molecule has 15 heavy (non-hydrogen) atoms. The van der Waals surface area contributed by atoms with Gasteiger partial charge in [-0.2, -0.15) is 5.10 Å². The molecule has 0 spiro atoms. The largest absolute Gasteiger partial charge is 0.382 e. The SMILES string of the molecule is CC(C)(c1ccccc1)c1cc(N)n[nH]1. The van der Waals surface area contributed by atoms with Crippen molar-refractivity contribution in [3.05, 3.63) is 47.7 Å². The third-order valence-electron chi connectivity index (χ3n) is 2.77. The number of benzene rings is 1. The number of nitrogens with two attached hydrogens (primary N) is 1. The van der Waals surface area contributed by atoms with Crippen molar-refractivity contribution in [1.29, 1.82) is 0 Å². The lowest BCUT2D eigenvalue weighted by atomic mass is 9.82. The molecule has 1 aromatic carbocycles. The molecule has 0 bridgehead atoms. The summed E-state index contributed by atoms with van der Waals surface area (Å²) in [4.78, 5) is 0. The molecule has 0 aliphatic rings. The van der Waals surface area contributed by atoms with Crippen LogP contribution in [0.4, 0.5) is 5.82 Å². The summed E-state index contributed by atoms with van der Waals surface area (Å²) in [5.41, 5.74) is 7.80. The van der Waals surface area contributed by atoms with Crippen molar-refractivity contribution >= 4 is 5.82 Å². The molecular weight excluding hydrogens is 186 g/mol. The summed E-state index contributed by atoms with van der Waals surface area (Å²) >= 11 is 0. The van der Waals surface area contributed by atoms with Crippen LogP contribution in [0.25, 0.3) is 0 Å². The normalized spacial score (nSPS) is 11.6. The second kappa shape index (κ2) is 3.42. The van der Waals surface area contributed by atoms with Crippen LogP contribution in [-0.4, -0.2) is 10.2 Å². The van der Waals surface area contributed by atoms with E-state index in [0.29, 0.717) is 5.82 Å². The van der Waals surface area contributed by atoms with E-state index in [9.17, 15) is 0 Å². The number of nitrogens with one attached hydrogen (secondary N) is 1. The first-order valence-electron chi connectivity index (χ1n) is 4.97. The van der Waals surface area contributed by atoms with Crippen molar-refractivity contribution in [2.45, 2.75) is 19.3 Å². The van der Waals surface area contributed by atoms with Gasteiger partial charge < -0.3 is 5.73 Å². The number of hydrogen-bond donors (Lipinski definition) is 2. The Bertz CT molecular complexity index is 443. The van der Waals surface area contributed by atoms with Crippen LogP contribution in [0.1, 0.15) is 25.1 Å². The summed E-state index contributed by atoms with van der Waals surface area (Å²) in [7, 11) is 0. The average Bonchev–Trinajstić information content (AvgIpc) is 2.67. The Morgan fingerprint density at radius 1 is 1.20 bits per heavy atom. The summed E-state index contributed by atoms with van der Waals surface area (Å²) in [6.07, 6.45) is 0. The maximum Gasteiger partial charge on any atom is 0.145 e. The van der Waals surface area contributed by atoms with Gasteiger partial charge in [0.1, 0.15) is 5.82 Å². The van der Waals surface area contributed by atoms with Gasteiger partial charge in [0.05, 0.1) is 0 Å². The lowest BCUT2D eigenvalue weighted by Gasteiger charge is -2.23. The Balaban J connectivity index is 2.43. The molecule has 0 fully saturated rings. The highest BCUT2D eigenvalue weighted by atomic mass is 15.2. The van der Waals surface area contributed by atoms with E-state index in [1.807, 2.05) is 24.3 Å². The molecule has 78 valence electrons. The zero-order valence-electron chi connectivity index (χ0n) is 8.99. The molecule has 0 aliphatic carbocycles. The van der Waals surface area contributed by atoms with Crippen LogP contribution in [0.3, 0.4) is 0 Å².